The van der Waals surface area contributed by atoms with Gasteiger partial charge in [0.15, 0.2) is 0 Å². The SMILES string of the molecule is CC(=O)OC(C(=O)NS(C)(=O)=O)c1ccccc1. The van der Waals surface area contributed by atoms with Gasteiger partial charge >= 0.3 is 5.97 Å². The summed E-state index contributed by atoms with van der Waals surface area (Å²) in [4.78, 5) is 22.7. The molecular formula is C11H13NO5S. The fourth-order valence-electron chi connectivity index (χ4n) is 1.30. The Labute approximate surface area is 105 Å². The number of rotatable bonds is 4. The number of nitrogens with one attached hydrogen (secondary N) is 1. The van der Waals surface area contributed by atoms with Gasteiger partial charge in [-0.15, -0.1) is 0 Å². The van der Waals surface area contributed by atoms with Gasteiger partial charge in [0, 0.05) is 12.5 Å². The largest absolute Gasteiger partial charge is 0.447 e. The summed E-state index contributed by atoms with van der Waals surface area (Å²) in [7, 11) is -3.70. The van der Waals surface area contributed by atoms with E-state index in [-0.39, 0.29) is 0 Å². The highest BCUT2D eigenvalue weighted by Gasteiger charge is 2.25. The van der Waals surface area contributed by atoms with E-state index in [1.165, 1.54) is 0 Å². The molecule has 0 heterocycles. The predicted octanol–water partition coefficient (Wildman–Crippen LogP) is 0.367. The van der Waals surface area contributed by atoms with Crippen molar-refractivity contribution < 1.29 is 22.7 Å². The molecule has 0 bridgehead atoms. The molecule has 0 spiro atoms. The third-order valence-corrected chi connectivity index (χ3v) is 2.48. The van der Waals surface area contributed by atoms with Crippen molar-refractivity contribution in [3.8, 4) is 0 Å². The number of sulfonamides is 1. The number of esters is 1. The first-order valence-electron chi connectivity index (χ1n) is 5.03. The van der Waals surface area contributed by atoms with E-state index in [4.69, 9.17) is 4.74 Å². The summed E-state index contributed by atoms with van der Waals surface area (Å²) in [5.74, 6) is -1.58. The van der Waals surface area contributed by atoms with Crippen molar-refractivity contribution >= 4 is 21.9 Å². The number of carbonyl (C=O) groups is 2. The summed E-state index contributed by atoms with van der Waals surface area (Å²) >= 11 is 0. The lowest BCUT2D eigenvalue weighted by Crippen LogP contribution is -2.35. The molecule has 1 unspecified atom stereocenters. The number of hydrogen-bond acceptors (Lipinski definition) is 5. The fourth-order valence-corrected chi connectivity index (χ4v) is 1.78. The van der Waals surface area contributed by atoms with Gasteiger partial charge < -0.3 is 4.74 Å². The number of hydrogen-bond donors (Lipinski definition) is 1. The maximum absolute atomic E-state index is 11.7. The fraction of sp³-hybridized carbons (Fsp3) is 0.273. The van der Waals surface area contributed by atoms with Crippen LogP contribution in [-0.4, -0.2) is 26.6 Å². The minimum absolute atomic E-state index is 0.397. The number of carbonyl (C=O) groups excluding carboxylic acids is 2. The average molecular weight is 271 g/mol. The molecule has 1 atom stereocenters. The van der Waals surface area contributed by atoms with Crippen LogP contribution in [0.15, 0.2) is 30.3 Å². The Bertz CT molecular complexity index is 538. The molecule has 1 amide bonds. The molecule has 7 heteroatoms. The van der Waals surface area contributed by atoms with Crippen LogP contribution in [0.4, 0.5) is 0 Å². The molecule has 6 nitrogen and oxygen atoms in total. The van der Waals surface area contributed by atoms with Crippen LogP contribution in [0.5, 0.6) is 0 Å². The topological polar surface area (TPSA) is 89.5 Å². The van der Waals surface area contributed by atoms with Crippen molar-refractivity contribution in [2.75, 3.05) is 6.26 Å². The van der Waals surface area contributed by atoms with Gasteiger partial charge in [-0.25, -0.2) is 13.1 Å². The second-order valence-corrected chi connectivity index (χ2v) is 5.39. The summed E-state index contributed by atoms with van der Waals surface area (Å²) in [5, 5.41) is 0. The first-order chi connectivity index (χ1) is 8.29. The Morgan fingerprint density at radius 3 is 2.22 bits per heavy atom. The lowest BCUT2D eigenvalue weighted by atomic mass is 10.1. The molecular weight excluding hydrogens is 258 g/mol. The minimum atomic E-state index is -3.70. The quantitative estimate of drug-likeness (QED) is 0.799. The molecule has 0 aliphatic rings. The highest BCUT2D eigenvalue weighted by Crippen LogP contribution is 2.17. The molecule has 0 aromatic heterocycles. The summed E-state index contributed by atoms with van der Waals surface area (Å²) in [6.07, 6.45) is -0.431. The third-order valence-electron chi connectivity index (χ3n) is 1.91. The van der Waals surface area contributed by atoms with Crippen molar-refractivity contribution in [1.29, 1.82) is 0 Å². The maximum atomic E-state index is 11.7. The second-order valence-electron chi connectivity index (χ2n) is 3.64. The summed E-state index contributed by atoms with van der Waals surface area (Å²) in [6.45, 7) is 1.14. The van der Waals surface area contributed by atoms with Crippen molar-refractivity contribution in [2.24, 2.45) is 0 Å². The molecule has 0 aliphatic heterocycles. The normalized spacial score (nSPS) is 12.6. The predicted molar refractivity (Wildman–Crippen MR) is 63.9 cm³/mol. The zero-order valence-corrected chi connectivity index (χ0v) is 10.7. The van der Waals surface area contributed by atoms with Crippen LogP contribution in [0.3, 0.4) is 0 Å². The molecule has 1 aromatic carbocycles. The average Bonchev–Trinajstić information content (AvgIpc) is 2.24. The van der Waals surface area contributed by atoms with Crippen LogP contribution >= 0.6 is 0 Å². The van der Waals surface area contributed by atoms with E-state index in [2.05, 4.69) is 0 Å². The van der Waals surface area contributed by atoms with Crippen LogP contribution in [0.1, 0.15) is 18.6 Å². The van der Waals surface area contributed by atoms with Gasteiger partial charge in [0.2, 0.25) is 16.1 Å². The van der Waals surface area contributed by atoms with Crippen LogP contribution in [0.25, 0.3) is 0 Å². The van der Waals surface area contributed by atoms with E-state index in [1.54, 1.807) is 35.1 Å². The van der Waals surface area contributed by atoms with Crippen molar-refractivity contribution in [3.63, 3.8) is 0 Å². The Morgan fingerprint density at radius 2 is 1.78 bits per heavy atom. The van der Waals surface area contributed by atoms with Gasteiger partial charge in [-0.3, -0.25) is 9.59 Å². The molecule has 98 valence electrons. The van der Waals surface area contributed by atoms with Crippen molar-refractivity contribution in [1.82, 2.24) is 4.72 Å². The lowest BCUT2D eigenvalue weighted by molar-refractivity contribution is -0.153. The Kier molecular flexibility index (Phi) is 4.43. The molecule has 1 rings (SSSR count). The standard InChI is InChI=1S/C11H13NO5S/c1-8(13)17-10(9-6-4-3-5-7-9)11(14)12-18(2,15)16/h3-7,10H,1-2H3,(H,12,14). The zero-order valence-electron chi connectivity index (χ0n) is 9.91. The smallest absolute Gasteiger partial charge is 0.303 e. The molecule has 0 saturated carbocycles. The van der Waals surface area contributed by atoms with E-state index >= 15 is 0 Å². The zero-order chi connectivity index (χ0) is 13.8. The van der Waals surface area contributed by atoms with Gasteiger partial charge in [0.05, 0.1) is 6.26 Å². The van der Waals surface area contributed by atoms with Gasteiger partial charge in [0.25, 0.3) is 5.91 Å². The number of amides is 1. The van der Waals surface area contributed by atoms with E-state index < -0.39 is 28.0 Å². The number of ether oxygens (including phenoxy) is 1. The summed E-state index contributed by atoms with van der Waals surface area (Å²) in [5.41, 5.74) is 0.397. The Balaban J connectivity index is 2.99. The molecule has 1 aromatic rings. The Hall–Kier alpha value is -1.89. The van der Waals surface area contributed by atoms with Gasteiger partial charge in [-0.05, 0) is 0 Å². The molecule has 0 radical (unpaired) electrons. The monoisotopic (exact) mass is 271 g/mol. The van der Waals surface area contributed by atoms with Gasteiger partial charge in [-0.2, -0.15) is 0 Å². The van der Waals surface area contributed by atoms with E-state index in [0.717, 1.165) is 13.2 Å². The van der Waals surface area contributed by atoms with E-state index in [1.807, 2.05) is 0 Å². The third kappa shape index (κ3) is 4.54. The van der Waals surface area contributed by atoms with Gasteiger partial charge in [0.1, 0.15) is 0 Å². The maximum Gasteiger partial charge on any atom is 0.303 e. The van der Waals surface area contributed by atoms with Crippen LogP contribution < -0.4 is 4.72 Å². The van der Waals surface area contributed by atoms with Crippen LogP contribution in [0.2, 0.25) is 0 Å². The first kappa shape index (κ1) is 14.2. The molecule has 1 N–H and O–H groups in total. The minimum Gasteiger partial charge on any atom is -0.447 e. The van der Waals surface area contributed by atoms with Crippen molar-refractivity contribution in [2.45, 2.75) is 13.0 Å². The molecule has 0 fully saturated rings. The van der Waals surface area contributed by atoms with Crippen LogP contribution in [-0.2, 0) is 24.3 Å². The van der Waals surface area contributed by atoms with E-state index in [9.17, 15) is 18.0 Å². The highest BCUT2D eigenvalue weighted by molar-refractivity contribution is 7.89. The molecule has 0 aliphatic carbocycles. The highest BCUT2D eigenvalue weighted by atomic mass is 32.2. The molecule has 0 saturated heterocycles. The lowest BCUT2D eigenvalue weighted by Gasteiger charge is -2.16. The summed E-state index contributed by atoms with van der Waals surface area (Å²) < 4.78 is 28.6. The second kappa shape index (κ2) is 5.63. The molecule has 18 heavy (non-hydrogen) atoms. The van der Waals surface area contributed by atoms with Crippen LogP contribution in [0, 0.1) is 0 Å². The summed E-state index contributed by atoms with van der Waals surface area (Å²) in [6, 6.07) is 8.16. The number of benzene rings is 1. The van der Waals surface area contributed by atoms with Gasteiger partial charge in [-0.1, -0.05) is 30.3 Å². The Morgan fingerprint density at radius 1 is 1.22 bits per heavy atom. The first-order valence-corrected chi connectivity index (χ1v) is 6.92. The van der Waals surface area contributed by atoms with Crippen molar-refractivity contribution in [3.05, 3.63) is 35.9 Å². The van der Waals surface area contributed by atoms with E-state index in [0.29, 0.717) is 5.56 Å².